The van der Waals surface area contributed by atoms with Crippen LogP contribution in [0, 0.1) is 37.8 Å². The van der Waals surface area contributed by atoms with Crippen LogP contribution >= 0.6 is 0 Å². The molecule has 0 amide bonds. The second-order valence-electron chi connectivity index (χ2n) is 6.31. The lowest BCUT2D eigenvalue weighted by atomic mass is 10.1. The zero-order valence-electron chi connectivity index (χ0n) is 15.1. The van der Waals surface area contributed by atoms with Crippen molar-refractivity contribution in [3.05, 3.63) is 68.7 Å². The molecule has 0 aliphatic carbocycles. The number of rotatable bonds is 6. The van der Waals surface area contributed by atoms with Crippen molar-refractivity contribution >= 4 is 11.5 Å². The summed E-state index contributed by atoms with van der Waals surface area (Å²) < 4.78 is 8.79. The highest BCUT2D eigenvalue weighted by atomic mass is 16.6. The molecule has 0 N–H and O–H groups in total. The topological polar surface area (TPSA) is 96.1 Å². The van der Waals surface area contributed by atoms with Gasteiger partial charge < -0.3 is 8.98 Å². The summed E-state index contributed by atoms with van der Waals surface area (Å²) in [7, 11) is 0. The maximum absolute atomic E-state index is 12.8. The third kappa shape index (κ3) is 3.05. The summed E-state index contributed by atoms with van der Waals surface area (Å²) in [5.41, 5.74) is 3.01. The Balaban J connectivity index is 1.87. The Morgan fingerprint density at radius 1 is 1.27 bits per heavy atom. The van der Waals surface area contributed by atoms with Crippen LogP contribution in [-0.4, -0.2) is 25.1 Å². The van der Waals surface area contributed by atoms with Crippen molar-refractivity contribution in [1.82, 2.24) is 14.3 Å². The van der Waals surface area contributed by atoms with Gasteiger partial charge in [-0.05, 0) is 45.9 Å². The SMILES string of the molecule is Cc1nn(CC(=O)c2cc(C)n(Cc3ccco3)c2C)c(C)c1[N+](=O)[O-]. The van der Waals surface area contributed by atoms with Crippen LogP contribution in [0.5, 0.6) is 0 Å². The number of furan rings is 1. The molecule has 0 fully saturated rings. The minimum absolute atomic E-state index is 0.0362. The van der Waals surface area contributed by atoms with Gasteiger partial charge in [-0.2, -0.15) is 5.10 Å². The van der Waals surface area contributed by atoms with E-state index >= 15 is 0 Å². The van der Waals surface area contributed by atoms with Crippen LogP contribution in [0.25, 0.3) is 0 Å². The molecule has 3 rings (SSSR count). The van der Waals surface area contributed by atoms with Crippen LogP contribution in [0.15, 0.2) is 28.9 Å². The molecule has 136 valence electrons. The van der Waals surface area contributed by atoms with Gasteiger partial charge in [0.15, 0.2) is 5.78 Å². The van der Waals surface area contributed by atoms with Gasteiger partial charge in [0.25, 0.3) is 0 Å². The van der Waals surface area contributed by atoms with Gasteiger partial charge in [0.1, 0.15) is 23.7 Å². The first-order valence-electron chi connectivity index (χ1n) is 8.20. The van der Waals surface area contributed by atoms with Crippen LogP contribution in [0.2, 0.25) is 0 Å². The number of carbonyl (C=O) groups is 1. The highest BCUT2D eigenvalue weighted by Crippen LogP contribution is 2.23. The van der Waals surface area contributed by atoms with Gasteiger partial charge >= 0.3 is 5.69 Å². The molecule has 0 unspecified atom stereocenters. The summed E-state index contributed by atoms with van der Waals surface area (Å²) in [5, 5.41) is 15.3. The first-order valence-corrected chi connectivity index (χ1v) is 8.20. The van der Waals surface area contributed by atoms with E-state index in [0.717, 1.165) is 17.1 Å². The molecule has 0 bridgehead atoms. The lowest BCUT2D eigenvalue weighted by molar-refractivity contribution is -0.386. The van der Waals surface area contributed by atoms with Gasteiger partial charge in [0.2, 0.25) is 0 Å². The summed E-state index contributed by atoms with van der Waals surface area (Å²) >= 11 is 0. The second-order valence-corrected chi connectivity index (χ2v) is 6.31. The lowest BCUT2D eigenvalue weighted by Crippen LogP contribution is -2.14. The summed E-state index contributed by atoms with van der Waals surface area (Å²) in [6.07, 6.45) is 1.62. The van der Waals surface area contributed by atoms with Gasteiger partial charge in [-0.25, -0.2) is 0 Å². The number of hydrogen-bond donors (Lipinski definition) is 0. The fourth-order valence-electron chi connectivity index (χ4n) is 3.21. The Morgan fingerprint density at radius 2 is 2.00 bits per heavy atom. The molecule has 0 aromatic carbocycles. The average molecular weight is 356 g/mol. The maximum Gasteiger partial charge on any atom is 0.312 e. The zero-order chi connectivity index (χ0) is 19.0. The van der Waals surface area contributed by atoms with Crippen LogP contribution in [0.4, 0.5) is 5.69 Å². The number of aryl methyl sites for hydroxylation is 2. The van der Waals surface area contributed by atoms with Crippen molar-refractivity contribution in [2.75, 3.05) is 0 Å². The zero-order valence-corrected chi connectivity index (χ0v) is 15.1. The Hall–Kier alpha value is -3.16. The maximum atomic E-state index is 12.8. The first kappa shape index (κ1) is 17.7. The van der Waals surface area contributed by atoms with Crippen LogP contribution in [-0.2, 0) is 13.1 Å². The Morgan fingerprint density at radius 3 is 2.58 bits per heavy atom. The van der Waals surface area contributed by atoms with Crippen molar-refractivity contribution < 1.29 is 14.1 Å². The largest absolute Gasteiger partial charge is 0.467 e. The average Bonchev–Trinajstić information content (AvgIpc) is 3.24. The number of ketones is 1. The number of aromatic nitrogens is 3. The lowest BCUT2D eigenvalue weighted by Gasteiger charge is -2.08. The summed E-state index contributed by atoms with van der Waals surface area (Å²) in [6, 6.07) is 5.54. The molecule has 0 saturated carbocycles. The van der Waals surface area contributed by atoms with E-state index in [1.54, 1.807) is 20.1 Å². The molecule has 8 heteroatoms. The normalized spacial score (nSPS) is 11.1. The molecular weight excluding hydrogens is 336 g/mol. The molecule has 0 radical (unpaired) electrons. The van der Waals surface area contributed by atoms with E-state index in [1.165, 1.54) is 4.68 Å². The number of Topliss-reactive ketones (excluding diaryl/α,β-unsaturated/α-hetero) is 1. The Kier molecular flexibility index (Phi) is 4.50. The quantitative estimate of drug-likeness (QED) is 0.383. The molecule has 0 spiro atoms. The minimum atomic E-state index is -0.464. The summed E-state index contributed by atoms with van der Waals surface area (Å²) in [5.74, 6) is 0.671. The van der Waals surface area contributed by atoms with E-state index in [4.69, 9.17) is 4.42 Å². The Bertz CT molecular complexity index is 980. The number of nitro groups is 1. The van der Waals surface area contributed by atoms with E-state index in [1.807, 2.05) is 36.6 Å². The molecule has 0 atom stereocenters. The molecule has 0 saturated heterocycles. The molecule has 3 heterocycles. The fourth-order valence-corrected chi connectivity index (χ4v) is 3.21. The van der Waals surface area contributed by atoms with Gasteiger partial charge in [-0.15, -0.1) is 0 Å². The van der Waals surface area contributed by atoms with E-state index in [-0.39, 0.29) is 18.0 Å². The molecule has 26 heavy (non-hydrogen) atoms. The van der Waals surface area contributed by atoms with Crippen molar-refractivity contribution in [2.24, 2.45) is 0 Å². The van der Waals surface area contributed by atoms with E-state index in [0.29, 0.717) is 23.5 Å². The Labute approximate surface area is 150 Å². The third-order valence-corrected chi connectivity index (χ3v) is 4.59. The van der Waals surface area contributed by atoms with Crippen LogP contribution in [0.1, 0.15) is 38.9 Å². The number of nitrogens with zero attached hydrogens (tertiary/aromatic N) is 4. The molecule has 0 aliphatic rings. The van der Waals surface area contributed by atoms with Crippen LogP contribution < -0.4 is 0 Å². The summed E-state index contributed by atoms with van der Waals surface area (Å²) in [4.78, 5) is 23.4. The molecule has 3 aromatic heterocycles. The number of carbonyl (C=O) groups excluding carboxylic acids is 1. The van der Waals surface area contributed by atoms with Crippen molar-refractivity contribution in [1.29, 1.82) is 0 Å². The minimum Gasteiger partial charge on any atom is -0.467 e. The van der Waals surface area contributed by atoms with Gasteiger partial charge in [-0.3, -0.25) is 19.6 Å². The molecule has 3 aromatic rings. The van der Waals surface area contributed by atoms with E-state index in [2.05, 4.69) is 5.10 Å². The third-order valence-electron chi connectivity index (χ3n) is 4.59. The predicted octanol–water partition coefficient (Wildman–Crippen LogP) is 3.35. The standard InChI is InChI=1S/C18H20N4O4/c1-11-8-16(13(3)20(11)9-15-6-5-7-26-15)17(23)10-21-14(4)18(22(24)25)12(2)19-21/h5-8H,9-10H2,1-4H3. The predicted molar refractivity (Wildman–Crippen MR) is 94.4 cm³/mol. The highest BCUT2D eigenvalue weighted by Gasteiger charge is 2.24. The van der Waals surface area contributed by atoms with E-state index in [9.17, 15) is 14.9 Å². The van der Waals surface area contributed by atoms with Gasteiger partial charge in [0.05, 0.1) is 17.7 Å². The number of hydrogen-bond acceptors (Lipinski definition) is 5. The first-order chi connectivity index (χ1) is 12.3. The van der Waals surface area contributed by atoms with Crippen molar-refractivity contribution in [3.63, 3.8) is 0 Å². The van der Waals surface area contributed by atoms with E-state index < -0.39 is 4.92 Å². The highest BCUT2D eigenvalue weighted by molar-refractivity contribution is 5.97. The van der Waals surface area contributed by atoms with Gasteiger partial charge in [0, 0.05) is 17.0 Å². The molecule has 8 nitrogen and oxygen atoms in total. The smallest absolute Gasteiger partial charge is 0.312 e. The fraction of sp³-hybridized carbons (Fsp3) is 0.333. The molecular formula is C18H20N4O4. The second kappa shape index (κ2) is 6.62. The molecule has 0 aliphatic heterocycles. The monoisotopic (exact) mass is 356 g/mol. The summed E-state index contributed by atoms with van der Waals surface area (Å²) in [6.45, 7) is 7.50. The van der Waals surface area contributed by atoms with Crippen LogP contribution in [0.3, 0.4) is 0 Å². The van der Waals surface area contributed by atoms with Crippen molar-refractivity contribution in [2.45, 2.75) is 40.8 Å². The van der Waals surface area contributed by atoms with Gasteiger partial charge in [-0.1, -0.05) is 0 Å². The van der Waals surface area contributed by atoms with Crippen molar-refractivity contribution in [3.8, 4) is 0 Å².